The largest absolute Gasteiger partial charge is 0.354 e. The lowest BCUT2D eigenvalue weighted by Crippen LogP contribution is -2.30. The average molecular weight is 285 g/mol. The number of nitrogens with one attached hydrogen (secondary N) is 1. The van der Waals surface area contributed by atoms with Gasteiger partial charge in [-0.25, -0.2) is 4.98 Å². The van der Waals surface area contributed by atoms with Crippen molar-refractivity contribution >= 4 is 11.7 Å². The van der Waals surface area contributed by atoms with Gasteiger partial charge in [0.2, 0.25) is 5.91 Å². The van der Waals surface area contributed by atoms with E-state index in [4.69, 9.17) is 0 Å². The summed E-state index contributed by atoms with van der Waals surface area (Å²) in [6.45, 7) is 4.19. The van der Waals surface area contributed by atoms with Gasteiger partial charge in [0, 0.05) is 25.9 Å². The topological polar surface area (TPSA) is 64.0 Å². The van der Waals surface area contributed by atoms with E-state index in [0.717, 1.165) is 6.42 Å². The van der Waals surface area contributed by atoms with E-state index in [1.165, 1.54) is 24.2 Å². The quantitative estimate of drug-likeness (QED) is 0.822. The summed E-state index contributed by atoms with van der Waals surface area (Å²) in [4.78, 5) is 27.2. The number of aromatic nitrogens is 2. The van der Waals surface area contributed by atoms with Crippen LogP contribution in [0.2, 0.25) is 0 Å². The van der Waals surface area contributed by atoms with E-state index in [0.29, 0.717) is 12.4 Å². The predicted octanol–water partition coefficient (Wildman–Crippen LogP) is 1.75. The Bertz CT molecular complexity index is 646. The van der Waals surface area contributed by atoms with Gasteiger partial charge in [0.05, 0.1) is 0 Å². The normalized spacial score (nSPS) is 10.4. The summed E-state index contributed by atoms with van der Waals surface area (Å²) in [6.07, 6.45) is 3.96. The third-order valence-electron chi connectivity index (χ3n) is 3.32. The fourth-order valence-corrected chi connectivity index (χ4v) is 2.19. The summed E-state index contributed by atoms with van der Waals surface area (Å²) in [6, 6.07) is 8.11. The van der Waals surface area contributed by atoms with Gasteiger partial charge >= 0.3 is 0 Å². The van der Waals surface area contributed by atoms with Crippen LogP contribution < -0.4 is 5.32 Å². The first-order valence-electron chi connectivity index (χ1n) is 6.91. The molecule has 2 aromatic rings. The molecule has 1 N–H and O–H groups in total. The summed E-state index contributed by atoms with van der Waals surface area (Å²) in [5, 5.41) is 2.86. The lowest BCUT2D eigenvalue weighted by Gasteiger charge is -2.09. The number of carbonyl (C=O) groups excluding carboxylic acids is 2. The third kappa shape index (κ3) is 4.02. The maximum Gasteiger partial charge on any atom is 0.240 e. The minimum atomic E-state index is -0.146. The zero-order valence-corrected chi connectivity index (χ0v) is 12.3. The minimum Gasteiger partial charge on any atom is -0.354 e. The molecule has 0 saturated heterocycles. The van der Waals surface area contributed by atoms with E-state index >= 15 is 0 Å². The number of benzene rings is 1. The van der Waals surface area contributed by atoms with E-state index in [1.807, 2.05) is 12.1 Å². The molecule has 0 unspecified atom stereocenters. The highest BCUT2D eigenvalue weighted by Crippen LogP contribution is 2.06. The Balaban J connectivity index is 1.84. The number of hydrogen-bond donors (Lipinski definition) is 1. The van der Waals surface area contributed by atoms with E-state index in [9.17, 15) is 9.59 Å². The van der Waals surface area contributed by atoms with Gasteiger partial charge in [-0.1, -0.05) is 24.3 Å². The summed E-state index contributed by atoms with van der Waals surface area (Å²) >= 11 is 0. The number of amides is 1. The number of ketones is 1. The SMILES string of the molecule is CC(=O)c1nccn1CC(=O)NCCc1ccccc1C. The van der Waals surface area contributed by atoms with Crippen molar-refractivity contribution in [3.05, 3.63) is 53.6 Å². The molecule has 0 saturated carbocycles. The minimum absolute atomic E-state index is 0.114. The highest BCUT2D eigenvalue weighted by atomic mass is 16.2. The van der Waals surface area contributed by atoms with Crippen molar-refractivity contribution in [1.82, 2.24) is 14.9 Å². The first kappa shape index (κ1) is 15.0. The monoisotopic (exact) mass is 285 g/mol. The summed E-state index contributed by atoms with van der Waals surface area (Å²) < 4.78 is 1.56. The van der Waals surface area contributed by atoms with Crippen LogP contribution in [0.3, 0.4) is 0 Å². The second-order valence-corrected chi connectivity index (χ2v) is 4.96. The number of imidazole rings is 1. The smallest absolute Gasteiger partial charge is 0.240 e. The van der Waals surface area contributed by atoms with Crippen LogP contribution in [0.25, 0.3) is 0 Å². The maximum absolute atomic E-state index is 11.9. The van der Waals surface area contributed by atoms with Crippen LogP contribution in [0.1, 0.15) is 28.7 Å². The fourth-order valence-electron chi connectivity index (χ4n) is 2.19. The molecule has 1 aromatic heterocycles. The molecule has 0 fully saturated rings. The Morgan fingerprint density at radius 3 is 2.76 bits per heavy atom. The van der Waals surface area contributed by atoms with Gasteiger partial charge in [0.1, 0.15) is 6.54 Å². The number of aryl methyl sites for hydroxylation is 1. The van der Waals surface area contributed by atoms with Crippen LogP contribution in [-0.4, -0.2) is 27.8 Å². The zero-order chi connectivity index (χ0) is 15.2. The Labute approximate surface area is 124 Å². The van der Waals surface area contributed by atoms with Gasteiger partial charge in [-0.05, 0) is 24.5 Å². The summed E-state index contributed by atoms with van der Waals surface area (Å²) in [5.41, 5.74) is 2.45. The molecule has 5 heteroatoms. The molecule has 0 spiro atoms. The molecular formula is C16H19N3O2. The molecule has 5 nitrogen and oxygen atoms in total. The molecule has 110 valence electrons. The Kier molecular flexibility index (Phi) is 4.87. The molecule has 21 heavy (non-hydrogen) atoms. The van der Waals surface area contributed by atoms with Crippen LogP contribution in [0.15, 0.2) is 36.7 Å². The van der Waals surface area contributed by atoms with Crippen LogP contribution in [0.4, 0.5) is 0 Å². The Morgan fingerprint density at radius 2 is 2.05 bits per heavy atom. The van der Waals surface area contributed by atoms with Gasteiger partial charge in [0.15, 0.2) is 11.6 Å². The molecule has 0 aliphatic rings. The summed E-state index contributed by atoms with van der Waals surface area (Å²) in [5.74, 6) is 0.0425. The molecular weight excluding hydrogens is 266 g/mol. The molecule has 0 radical (unpaired) electrons. The van der Waals surface area contributed by atoms with Crippen LogP contribution in [-0.2, 0) is 17.8 Å². The zero-order valence-electron chi connectivity index (χ0n) is 12.3. The molecule has 0 bridgehead atoms. The lowest BCUT2D eigenvalue weighted by atomic mass is 10.1. The van der Waals surface area contributed by atoms with Crippen LogP contribution in [0, 0.1) is 6.92 Å². The number of carbonyl (C=O) groups is 2. The third-order valence-corrected chi connectivity index (χ3v) is 3.32. The Morgan fingerprint density at radius 1 is 1.29 bits per heavy atom. The van der Waals surface area contributed by atoms with Crippen molar-refractivity contribution < 1.29 is 9.59 Å². The van der Waals surface area contributed by atoms with Crippen molar-refractivity contribution in [2.24, 2.45) is 0 Å². The van der Waals surface area contributed by atoms with E-state index in [2.05, 4.69) is 29.4 Å². The van der Waals surface area contributed by atoms with E-state index in [-0.39, 0.29) is 18.2 Å². The summed E-state index contributed by atoms with van der Waals surface area (Å²) in [7, 11) is 0. The van der Waals surface area contributed by atoms with Gasteiger partial charge in [0.25, 0.3) is 0 Å². The van der Waals surface area contributed by atoms with Gasteiger partial charge in [-0.2, -0.15) is 0 Å². The van der Waals surface area contributed by atoms with Gasteiger partial charge < -0.3 is 9.88 Å². The number of hydrogen-bond acceptors (Lipinski definition) is 3. The van der Waals surface area contributed by atoms with Crippen molar-refractivity contribution in [1.29, 1.82) is 0 Å². The van der Waals surface area contributed by atoms with Crippen LogP contribution >= 0.6 is 0 Å². The first-order chi connectivity index (χ1) is 10.1. The molecule has 0 aliphatic heterocycles. The van der Waals surface area contributed by atoms with E-state index < -0.39 is 0 Å². The average Bonchev–Trinajstić information content (AvgIpc) is 2.89. The van der Waals surface area contributed by atoms with E-state index in [1.54, 1.807) is 10.8 Å². The molecule has 1 heterocycles. The van der Waals surface area contributed by atoms with Crippen molar-refractivity contribution in [3.8, 4) is 0 Å². The first-order valence-corrected chi connectivity index (χ1v) is 6.91. The predicted molar refractivity (Wildman–Crippen MR) is 80.1 cm³/mol. The van der Waals surface area contributed by atoms with Crippen molar-refractivity contribution in [2.45, 2.75) is 26.8 Å². The maximum atomic E-state index is 11.9. The number of rotatable bonds is 6. The number of Topliss-reactive ketones (excluding diaryl/α,β-unsaturated/α-hetero) is 1. The van der Waals surface area contributed by atoms with Crippen molar-refractivity contribution in [3.63, 3.8) is 0 Å². The lowest BCUT2D eigenvalue weighted by molar-refractivity contribution is -0.121. The molecule has 1 amide bonds. The molecule has 0 aliphatic carbocycles. The highest BCUT2D eigenvalue weighted by Gasteiger charge is 2.10. The Hall–Kier alpha value is -2.43. The second kappa shape index (κ2) is 6.83. The highest BCUT2D eigenvalue weighted by molar-refractivity contribution is 5.91. The van der Waals surface area contributed by atoms with Gasteiger partial charge in [-0.3, -0.25) is 9.59 Å². The fraction of sp³-hybridized carbons (Fsp3) is 0.312. The van der Waals surface area contributed by atoms with Crippen molar-refractivity contribution in [2.75, 3.05) is 6.54 Å². The standard InChI is InChI=1S/C16H19N3O2/c1-12-5-3-4-6-14(12)7-8-17-15(21)11-19-10-9-18-16(19)13(2)20/h3-6,9-10H,7-8,11H2,1-2H3,(H,17,21). The number of nitrogens with zero attached hydrogens (tertiary/aromatic N) is 2. The molecule has 0 atom stereocenters. The molecule has 2 rings (SSSR count). The van der Waals surface area contributed by atoms with Gasteiger partial charge in [-0.15, -0.1) is 0 Å². The molecule has 1 aromatic carbocycles. The van der Waals surface area contributed by atoms with Crippen LogP contribution in [0.5, 0.6) is 0 Å². The second-order valence-electron chi connectivity index (χ2n) is 4.96.